The summed E-state index contributed by atoms with van der Waals surface area (Å²) < 4.78 is 5.84. The highest BCUT2D eigenvalue weighted by Crippen LogP contribution is 2.37. The van der Waals surface area contributed by atoms with Gasteiger partial charge in [-0.1, -0.05) is 7.92 Å². The lowest BCUT2D eigenvalue weighted by molar-refractivity contribution is 0.0188. The lowest BCUT2D eigenvalue weighted by Gasteiger charge is -2.49. The lowest BCUT2D eigenvalue weighted by Crippen LogP contribution is -2.62. The van der Waals surface area contributed by atoms with Crippen LogP contribution in [0.2, 0.25) is 0 Å². The van der Waals surface area contributed by atoms with E-state index in [1.54, 1.807) is 19.5 Å². The molecule has 2 fully saturated rings. The van der Waals surface area contributed by atoms with Crippen LogP contribution in [0, 0.1) is 18.3 Å². The smallest absolute Gasteiger partial charge is 0.229 e. The summed E-state index contributed by atoms with van der Waals surface area (Å²) in [5.41, 5.74) is 6.01. The van der Waals surface area contributed by atoms with Gasteiger partial charge >= 0.3 is 0 Å². The van der Waals surface area contributed by atoms with Crippen molar-refractivity contribution in [1.29, 1.82) is 5.26 Å². The largest absolute Gasteiger partial charge is 0.494 e. The minimum Gasteiger partial charge on any atom is -0.494 e. The van der Waals surface area contributed by atoms with Crippen molar-refractivity contribution in [2.75, 3.05) is 76.2 Å². The van der Waals surface area contributed by atoms with E-state index in [1.807, 2.05) is 12.1 Å². The number of aromatic nitrogens is 4. The van der Waals surface area contributed by atoms with Gasteiger partial charge in [-0.15, -0.1) is 0 Å². The number of nitriles is 1. The summed E-state index contributed by atoms with van der Waals surface area (Å²) in [7, 11) is 5.50. The van der Waals surface area contributed by atoms with Crippen LogP contribution in [-0.2, 0) is 0 Å². The van der Waals surface area contributed by atoms with Crippen molar-refractivity contribution < 1.29 is 4.74 Å². The third kappa shape index (κ3) is 6.36. The number of benzene rings is 2. The lowest BCUT2D eigenvalue weighted by atomic mass is 9.96. The Bertz CT molecular complexity index is 1730. The van der Waals surface area contributed by atoms with Crippen LogP contribution in [0.3, 0.4) is 0 Å². The van der Waals surface area contributed by atoms with Crippen molar-refractivity contribution in [2.24, 2.45) is 0 Å². The second-order valence-electron chi connectivity index (χ2n) is 12.2. The molecule has 2 N–H and O–H groups in total. The summed E-state index contributed by atoms with van der Waals surface area (Å²) in [6.45, 7) is 10.9. The van der Waals surface area contributed by atoms with Gasteiger partial charge in [-0.2, -0.15) is 10.2 Å². The fourth-order valence-corrected chi connectivity index (χ4v) is 7.52. The van der Waals surface area contributed by atoms with Crippen molar-refractivity contribution >= 4 is 53.1 Å². The molecule has 2 saturated heterocycles. The van der Waals surface area contributed by atoms with Gasteiger partial charge in [0.25, 0.3) is 0 Å². The van der Waals surface area contributed by atoms with Gasteiger partial charge in [0.2, 0.25) is 5.95 Å². The van der Waals surface area contributed by atoms with Crippen LogP contribution >= 0.6 is 7.92 Å². The number of aryl methyl sites for hydroxylation is 1. The molecule has 2 aliphatic rings. The van der Waals surface area contributed by atoms with Gasteiger partial charge in [-0.05, 0) is 71.0 Å². The van der Waals surface area contributed by atoms with E-state index in [-0.39, 0.29) is 0 Å². The summed E-state index contributed by atoms with van der Waals surface area (Å²) in [4.78, 5) is 25.7. The number of fused-ring (bicyclic) bond motifs is 1. The third-order valence-corrected chi connectivity index (χ3v) is 10.3. The number of hydrogen-bond donors (Lipinski definition) is 2. The number of likely N-dealkylation sites (N-methyl/N-ethyl adjacent to an activating group) is 1. The molecule has 2 aromatic heterocycles. The van der Waals surface area contributed by atoms with Gasteiger partial charge in [-0.25, -0.2) is 4.98 Å². The quantitative estimate of drug-likeness (QED) is 0.253. The highest BCUT2D eigenvalue weighted by Gasteiger charge is 2.35. The topological polar surface area (TPSA) is 118 Å². The molecule has 45 heavy (non-hydrogen) atoms. The van der Waals surface area contributed by atoms with E-state index in [9.17, 15) is 5.26 Å². The van der Waals surface area contributed by atoms with E-state index >= 15 is 0 Å². The SMILES string of the molecule is COc1cc(N2CCC(N3CC(N(C)C)C3)CC2)c(C)cc1Nc1ncc(C#N)c(Nc2ccc3nccnc3c2P(C)C)n1. The van der Waals surface area contributed by atoms with Crippen molar-refractivity contribution in [1.82, 2.24) is 29.7 Å². The minimum atomic E-state index is -0.533. The van der Waals surface area contributed by atoms with Gasteiger partial charge in [-0.3, -0.25) is 14.9 Å². The molecule has 2 aromatic carbocycles. The number of anilines is 5. The molecule has 6 rings (SSSR count). The minimum absolute atomic E-state index is 0.347. The van der Waals surface area contributed by atoms with Gasteiger partial charge in [0.1, 0.15) is 17.4 Å². The molecule has 0 bridgehead atoms. The molecule has 4 aromatic rings. The van der Waals surface area contributed by atoms with Crippen molar-refractivity contribution in [3.63, 3.8) is 0 Å². The number of nitrogens with one attached hydrogen (secondary N) is 2. The zero-order chi connectivity index (χ0) is 31.7. The maximum absolute atomic E-state index is 9.86. The van der Waals surface area contributed by atoms with Crippen LogP contribution in [0.5, 0.6) is 5.75 Å². The monoisotopic (exact) mass is 624 g/mol. The van der Waals surface area contributed by atoms with Crippen molar-refractivity contribution in [2.45, 2.75) is 31.8 Å². The highest BCUT2D eigenvalue weighted by molar-refractivity contribution is 7.65. The third-order valence-electron chi connectivity index (χ3n) is 8.93. The predicted octanol–water partition coefficient (Wildman–Crippen LogP) is 4.68. The Morgan fingerprint density at radius 2 is 1.78 bits per heavy atom. The van der Waals surface area contributed by atoms with Crippen LogP contribution in [0.1, 0.15) is 24.0 Å². The average molecular weight is 625 g/mol. The maximum Gasteiger partial charge on any atom is 0.229 e. The summed E-state index contributed by atoms with van der Waals surface area (Å²) in [6.07, 6.45) is 7.27. The fourth-order valence-electron chi connectivity index (χ4n) is 6.31. The van der Waals surface area contributed by atoms with Gasteiger partial charge < -0.3 is 25.2 Å². The van der Waals surface area contributed by atoms with Gasteiger partial charge in [0.15, 0.2) is 5.82 Å². The van der Waals surface area contributed by atoms with E-state index in [4.69, 9.17) is 9.72 Å². The predicted molar refractivity (Wildman–Crippen MR) is 183 cm³/mol. The van der Waals surface area contributed by atoms with E-state index in [0.717, 1.165) is 52.1 Å². The molecule has 0 spiro atoms. The number of methoxy groups -OCH3 is 1. The second kappa shape index (κ2) is 13.1. The highest BCUT2D eigenvalue weighted by atomic mass is 31.1. The number of likely N-dealkylation sites (tertiary alicyclic amines) is 1. The summed E-state index contributed by atoms with van der Waals surface area (Å²) in [5.74, 6) is 1.51. The molecule has 0 amide bonds. The fraction of sp³-hybridized carbons (Fsp3) is 0.424. The molecular formula is C33H41N10OP. The van der Waals surface area contributed by atoms with E-state index in [2.05, 4.69) is 92.8 Å². The van der Waals surface area contributed by atoms with Gasteiger partial charge in [0, 0.05) is 73.4 Å². The molecule has 11 nitrogen and oxygen atoms in total. The second-order valence-corrected chi connectivity index (χ2v) is 14.5. The molecule has 2 aliphatic heterocycles. The number of ether oxygens (including phenoxy) is 1. The number of hydrogen-bond acceptors (Lipinski definition) is 11. The van der Waals surface area contributed by atoms with E-state index in [1.165, 1.54) is 37.8 Å². The maximum atomic E-state index is 9.86. The average Bonchev–Trinajstić information content (AvgIpc) is 3.00. The Morgan fingerprint density at radius 1 is 1.02 bits per heavy atom. The van der Waals surface area contributed by atoms with Crippen LogP contribution in [-0.4, -0.2) is 103 Å². The molecule has 12 heteroatoms. The first-order chi connectivity index (χ1) is 21.7. The van der Waals surface area contributed by atoms with Gasteiger partial charge in [0.05, 0.1) is 30.0 Å². The summed E-state index contributed by atoms with van der Waals surface area (Å²) in [5, 5.41) is 17.7. The zero-order valence-electron chi connectivity index (χ0n) is 26.9. The normalized spacial score (nSPS) is 16.2. The van der Waals surface area contributed by atoms with Crippen molar-refractivity contribution in [3.8, 4) is 11.8 Å². The molecule has 0 atom stereocenters. The first-order valence-corrected chi connectivity index (χ1v) is 17.6. The molecule has 4 heterocycles. The Morgan fingerprint density at radius 3 is 2.47 bits per heavy atom. The Balaban J connectivity index is 1.20. The molecule has 0 saturated carbocycles. The molecule has 0 aliphatic carbocycles. The summed E-state index contributed by atoms with van der Waals surface area (Å²) in [6, 6.07) is 11.7. The Hall–Kier alpha value is -4.10. The van der Waals surface area contributed by atoms with Crippen LogP contribution < -0.4 is 25.6 Å². The first-order valence-electron chi connectivity index (χ1n) is 15.3. The molecule has 0 radical (unpaired) electrons. The van der Waals surface area contributed by atoms with Crippen LogP contribution in [0.15, 0.2) is 42.9 Å². The van der Waals surface area contributed by atoms with Crippen LogP contribution in [0.4, 0.5) is 28.8 Å². The molecule has 0 unspecified atom stereocenters. The zero-order valence-corrected chi connectivity index (χ0v) is 27.8. The number of piperidine rings is 1. The van der Waals surface area contributed by atoms with Crippen LogP contribution in [0.25, 0.3) is 11.0 Å². The number of rotatable bonds is 9. The van der Waals surface area contributed by atoms with E-state index in [0.29, 0.717) is 29.4 Å². The van der Waals surface area contributed by atoms with E-state index < -0.39 is 7.92 Å². The molecular weight excluding hydrogens is 583 g/mol. The number of nitrogens with zero attached hydrogens (tertiary/aromatic N) is 8. The summed E-state index contributed by atoms with van der Waals surface area (Å²) >= 11 is 0. The Kier molecular flexibility index (Phi) is 8.99. The Labute approximate surface area is 266 Å². The van der Waals surface area contributed by atoms with Crippen molar-refractivity contribution in [3.05, 3.63) is 54.0 Å². The standard InChI is InChI=1S/C33H41N10OP/c1-21-15-27(29(44-4)16-28(21)42-13-9-23(10-14-42)43-19-24(20-43)41(2)3)39-33-37-18-22(17-34)32(40-33)38-26-8-7-25-30(31(26)45(5)6)36-12-11-35-25/h7-8,11-12,15-16,18,23-24H,9-10,13-14,19-20H2,1-6H3,(H2,37,38,39,40). The first kappa shape index (κ1) is 30.9. The molecule has 234 valence electrons.